The van der Waals surface area contributed by atoms with Crippen LogP contribution in [0, 0.1) is 0 Å². The van der Waals surface area contributed by atoms with Crippen LogP contribution in [-0.4, -0.2) is 17.2 Å². The van der Waals surface area contributed by atoms with Crippen molar-refractivity contribution in [2.45, 2.75) is 12.5 Å². The number of pyridine rings is 1. The number of halogens is 2. The smallest absolute Gasteiger partial charge is 0.124 e. The van der Waals surface area contributed by atoms with E-state index in [9.17, 15) is 5.11 Å². The summed E-state index contributed by atoms with van der Waals surface area (Å²) < 4.78 is 5.23. The van der Waals surface area contributed by atoms with E-state index < -0.39 is 6.10 Å². The summed E-state index contributed by atoms with van der Waals surface area (Å²) in [7, 11) is 1.55. The van der Waals surface area contributed by atoms with Gasteiger partial charge in [0.25, 0.3) is 0 Å². The minimum Gasteiger partial charge on any atom is -0.496 e. The zero-order valence-corrected chi connectivity index (χ0v) is 11.8. The Labute approximate surface area is 121 Å². The third kappa shape index (κ3) is 3.38. The molecule has 19 heavy (non-hydrogen) atoms. The number of rotatable bonds is 4. The SMILES string of the molecule is COc1ccc(Cl)cc1C(O)Cc1ccncc1Cl. The van der Waals surface area contributed by atoms with Gasteiger partial charge in [0, 0.05) is 29.4 Å². The predicted molar refractivity (Wildman–Crippen MR) is 75.9 cm³/mol. The van der Waals surface area contributed by atoms with Crippen molar-refractivity contribution in [2.75, 3.05) is 7.11 Å². The number of hydrogen-bond acceptors (Lipinski definition) is 3. The van der Waals surface area contributed by atoms with Crippen LogP contribution in [0.3, 0.4) is 0 Å². The van der Waals surface area contributed by atoms with E-state index in [0.717, 1.165) is 5.56 Å². The fraction of sp³-hybridized carbons (Fsp3) is 0.214. The van der Waals surface area contributed by atoms with Gasteiger partial charge in [-0.2, -0.15) is 0 Å². The van der Waals surface area contributed by atoms with Crippen LogP contribution in [0.5, 0.6) is 5.75 Å². The highest BCUT2D eigenvalue weighted by Gasteiger charge is 2.16. The molecule has 0 bridgehead atoms. The molecule has 1 unspecified atom stereocenters. The number of aliphatic hydroxyl groups is 1. The van der Waals surface area contributed by atoms with Crippen molar-refractivity contribution in [3.63, 3.8) is 0 Å². The molecule has 1 heterocycles. The van der Waals surface area contributed by atoms with E-state index in [0.29, 0.717) is 27.8 Å². The molecule has 0 saturated carbocycles. The summed E-state index contributed by atoms with van der Waals surface area (Å²) in [5, 5.41) is 11.4. The molecule has 1 atom stereocenters. The van der Waals surface area contributed by atoms with Gasteiger partial charge >= 0.3 is 0 Å². The Balaban J connectivity index is 2.27. The monoisotopic (exact) mass is 297 g/mol. The summed E-state index contributed by atoms with van der Waals surface area (Å²) in [5.41, 5.74) is 1.47. The topological polar surface area (TPSA) is 42.4 Å². The van der Waals surface area contributed by atoms with E-state index in [-0.39, 0.29) is 0 Å². The van der Waals surface area contributed by atoms with E-state index in [1.54, 1.807) is 43.8 Å². The highest BCUT2D eigenvalue weighted by Crippen LogP contribution is 2.31. The normalized spacial score (nSPS) is 12.2. The fourth-order valence-electron chi connectivity index (χ4n) is 1.85. The second-order valence-corrected chi connectivity index (χ2v) is 4.92. The van der Waals surface area contributed by atoms with Gasteiger partial charge in [0.15, 0.2) is 0 Å². The second-order valence-electron chi connectivity index (χ2n) is 4.07. The Morgan fingerprint density at radius 2 is 2.11 bits per heavy atom. The minimum absolute atomic E-state index is 0.373. The van der Waals surface area contributed by atoms with Crippen LogP contribution in [0.2, 0.25) is 10.0 Å². The summed E-state index contributed by atoms with van der Waals surface area (Å²) in [4.78, 5) is 3.91. The van der Waals surface area contributed by atoms with Gasteiger partial charge in [0.1, 0.15) is 5.75 Å². The molecule has 0 spiro atoms. The summed E-state index contributed by atoms with van der Waals surface area (Å²) in [6.45, 7) is 0. The Morgan fingerprint density at radius 3 is 2.79 bits per heavy atom. The van der Waals surface area contributed by atoms with Gasteiger partial charge in [0.2, 0.25) is 0 Å². The number of hydrogen-bond donors (Lipinski definition) is 1. The fourth-order valence-corrected chi connectivity index (χ4v) is 2.23. The Bertz CT molecular complexity index is 575. The molecule has 0 saturated heterocycles. The summed E-state index contributed by atoms with van der Waals surface area (Å²) in [6, 6.07) is 6.92. The van der Waals surface area contributed by atoms with Gasteiger partial charge in [-0.25, -0.2) is 0 Å². The summed E-state index contributed by atoms with van der Waals surface area (Å²) in [6.07, 6.45) is 2.83. The van der Waals surface area contributed by atoms with Crippen LogP contribution < -0.4 is 4.74 Å². The standard InChI is InChI=1S/C14H13Cl2NO2/c1-19-14-3-2-10(15)7-11(14)13(18)6-9-4-5-17-8-12(9)16/h2-5,7-8,13,18H,6H2,1H3. The third-order valence-corrected chi connectivity index (χ3v) is 3.40. The molecule has 0 radical (unpaired) electrons. The highest BCUT2D eigenvalue weighted by atomic mass is 35.5. The largest absolute Gasteiger partial charge is 0.496 e. The van der Waals surface area contributed by atoms with Crippen LogP contribution in [0.15, 0.2) is 36.7 Å². The Morgan fingerprint density at radius 1 is 1.32 bits per heavy atom. The first-order valence-corrected chi connectivity index (χ1v) is 6.47. The second kappa shape index (κ2) is 6.24. The molecule has 2 rings (SSSR count). The molecule has 100 valence electrons. The van der Waals surface area contributed by atoms with E-state index in [1.165, 1.54) is 0 Å². The maximum atomic E-state index is 10.3. The third-order valence-electron chi connectivity index (χ3n) is 2.82. The zero-order chi connectivity index (χ0) is 13.8. The first-order valence-electron chi connectivity index (χ1n) is 5.71. The molecule has 2 aromatic rings. The van der Waals surface area contributed by atoms with Crippen molar-refractivity contribution < 1.29 is 9.84 Å². The first kappa shape index (κ1) is 14.1. The zero-order valence-electron chi connectivity index (χ0n) is 10.3. The van der Waals surface area contributed by atoms with Crippen molar-refractivity contribution in [3.05, 3.63) is 57.8 Å². The van der Waals surface area contributed by atoms with E-state index >= 15 is 0 Å². The maximum Gasteiger partial charge on any atom is 0.124 e. The van der Waals surface area contributed by atoms with Gasteiger partial charge in [-0.3, -0.25) is 4.98 Å². The lowest BCUT2D eigenvalue weighted by Crippen LogP contribution is -2.04. The number of ether oxygens (including phenoxy) is 1. The molecule has 0 fully saturated rings. The summed E-state index contributed by atoms with van der Waals surface area (Å²) in [5.74, 6) is 0.599. The molecule has 1 aromatic heterocycles. The van der Waals surface area contributed by atoms with Crippen molar-refractivity contribution in [2.24, 2.45) is 0 Å². The van der Waals surface area contributed by atoms with E-state index in [1.807, 2.05) is 0 Å². The molecule has 0 aliphatic rings. The highest BCUT2D eigenvalue weighted by molar-refractivity contribution is 6.31. The molecule has 5 heteroatoms. The lowest BCUT2D eigenvalue weighted by molar-refractivity contribution is 0.174. The quantitative estimate of drug-likeness (QED) is 0.936. The molecule has 0 aliphatic carbocycles. The number of aromatic nitrogens is 1. The molecular formula is C14H13Cl2NO2. The van der Waals surface area contributed by atoms with Gasteiger partial charge in [-0.1, -0.05) is 23.2 Å². The Kier molecular flexibility index (Phi) is 4.64. The van der Waals surface area contributed by atoms with Crippen LogP contribution in [0.4, 0.5) is 0 Å². The van der Waals surface area contributed by atoms with Gasteiger partial charge < -0.3 is 9.84 Å². The molecular weight excluding hydrogens is 285 g/mol. The van der Waals surface area contributed by atoms with E-state index in [2.05, 4.69) is 4.98 Å². The number of nitrogens with zero attached hydrogens (tertiary/aromatic N) is 1. The molecule has 1 N–H and O–H groups in total. The van der Waals surface area contributed by atoms with Crippen molar-refractivity contribution in [3.8, 4) is 5.75 Å². The molecule has 0 aliphatic heterocycles. The lowest BCUT2D eigenvalue weighted by atomic mass is 10.0. The predicted octanol–water partition coefficient (Wildman–Crippen LogP) is 3.67. The van der Waals surface area contributed by atoms with Crippen LogP contribution in [-0.2, 0) is 6.42 Å². The minimum atomic E-state index is -0.742. The average molecular weight is 298 g/mol. The molecule has 3 nitrogen and oxygen atoms in total. The average Bonchev–Trinajstić information content (AvgIpc) is 2.41. The van der Waals surface area contributed by atoms with Crippen LogP contribution in [0.25, 0.3) is 0 Å². The van der Waals surface area contributed by atoms with Crippen molar-refractivity contribution in [1.29, 1.82) is 0 Å². The van der Waals surface area contributed by atoms with Crippen LogP contribution in [0.1, 0.15) is 17.2 Å². The maximum absolute atomic E-state index is 10.3. The van der Waals surface area contributed by atoms with E-state index in [4.69, 9.17) is 27.9 Å². The number of aliphatic hydroxyl groups excluding tert-OH is 1. The molecule has 0 amide bonds. The molecule has 1 aromatic carbocycles. The van der Waals surface area contributed by atoms with Gasteiger partial charge in [-0.15, -0.1) is 0 Å². The van der Waals surface area contributed by atoms with Crippen molar-refractivity contribution >= 4 is 23.2 Å². The van der Waals surface area contributed by atoms with Gasteiger partial charge in [-0.05, 0) is 29.8 Å². The van der Waals surface area contributed by atoms with Crippen LogP contribution >= 0.6 is 23.2 Å². The lowest BCUT2D eigenvalue weighted by Gasteiger charge is -2.15. The van der Waals surface area contributed by atoms with Crippen molar-refractivity contribution in [1.82, 2.24) is 4.98 Å². The van der Waals surface area contributed by atoms with Gasteiger partial charge in [0.05, 0.1) is 18.2 Å². The number of benzene rings is 1. The number of methoxy groups -OCH3 is 1. The summed E-state index contributed by atoms with van der Waals surface area (Å²) >= 11 is 12.0. The Hall–Kier alpha value is -1.29. The first-order chi connectivity index (χ1) is 9.11.